The Morgan fingerprint density at radius 2 is 1.62 bits per heavy atom. The molecule has 0 N–H and O–H groups in total. The highest BCUT2D eigenvalue weighted by Crippen LogP contribution is 2.27. The Morgan fingerprint density at radius 3 is 2.20 bits per heavy atom. The van der Waals surface area contributed by atoms with Gasteiger partial charge in [0.1, 0.15) is 5.82 Å². The molecule has 0 aliphatic carbocycles. The molecule has 0 bridgehead atoms. The molecule has 1 saturated heterocycles. The second-order valence-corrected chi connectivity index (χ2v) is 9.56. The molecule has 1 aromatic carbocycles. The summed E-state index contributed by atoms with van der Waals surface area (Å²) >= 11 is 0. The molecule has 2 aromatic rings. The molecule has 6 nitrogen and oxygen atoms in total. The van der Waals surface area contributed by atoms with Crippen molar-refractivity contribution >= 4 is 22.9 Å². The van der Waals surface area contributed by atoms with Crippen molar-refractivity contribution in [1.29, 1.82) is 0 Å². The fraction of sp³-hybridized carbons (Fsp3) is 0.471. The van der Waals surface area contributed by atoms with Crippen LogP contribution in [0.2, 0.25) is 0 Å². The molecule has 1 aromatic heterocycles. The Balaban J connectivity index is 0.00000191. The van der Waals surface area contributed by atoms with E-state index in [1.54, 1.807) is 6.20 Å². The number of rotatable bonds is 9. The van der Waals surface area contributed by atoms with Crippen LogP contribution in [0.5, 0.6) is 0 Å². The lowest BCUT2D eigenvalue weighted by Gasteiger charge is -2.21. The highest BCUT2D eigenvalue weighted by molar-refractivity contribution is 6.01. The van der Waals surface area contributed by atoms with Gasteiger partial charge in [-0.1, -0.05) is 69.7 Å². The Hall–Kier alpha value is -3.38. The molecule has 0 spiro atoms. The number of aliphatic imine (C=N–C) groups is 1. The van der Waals surface area contributed by atoms with Crippen LogP contribution in [0.15, 0.2) is 65.3 Å². The summed E-state index contributed by atoms with van der Waals surface area (Å²) in [4.78, 5) is 30.6. The van der Waals surface area contributed by atoms with E-state index in [0.29, 0.717) is 13.1 Å². The van der Waals surface area contributed by atoms with Crippen LogP contribution in [0.1, 0.15) is 84.0 Å². The first-order valence-electron chi connectivity index (χ1n) is 14.7. The number of carbonyl (C=O) groups excluding carboxylic acids is 1. The first kappa shape index (κ1) is 34.6. The molecule has 0 saturated carbocycles. The van der Waals surface area contributed by atoms with Crippen molar-refractivity contribution in [2.24, 2.45) is 4.99 Å². The number of benzene rings is 1. The predicted octanol–water partition coefficient (Wildman–Crippen LogP) is 7.55. The average Bonchev–Trinajstić information content (AvgIpc) is 3.50. The minimum atomic E-state index is 0.209. The van der Waals surface area contributed by atoms with Crippen LogP contribution >= 0.6 is 0 Å². The summed E-state index contributed by atoms with van der Waals surface area (Å²) in [5.74, 6) is 0.943. The van der Waals surface area contributed by atoms with Crippen LogP contribution in [0.3, 0.4) is 0 Å². The number of allylic oxidation sites excluding steroid dienone is 3. The zero-order chi connectivity index (χ0) is 30.1. The van der Waals surface area contributed by atoms with Crippen LogP contribution in [-0.2, 0) is 4.79 Å². The molecule has 1 amide bonds. The van der Waals surface area contributed by atoms with Crippen LogP contribution in [0.4, 0.5) is 0 Å². The van der Waals surface area contributed by atoms with E-state index in [2.05, 4.69) is 65.1 Å². The van der Waals surface area contributed by atoms with E-state index in [1.807, 2.05) is 72.6 Å². The van der Waals surface area contributed by atoms with E-state index in [0.717, 1.165) is 65.6 Å². The summed E-state index contributed by atoms with van der Waals surface area (Å²) in [6, 6.07) is 10.3. The molecule has 2 heterocycles. The number of aryl methyl sites for hydroxylation is 2. The van der Waals surface area contributed by atoms with Gasteiger partial charge in [0.2, 0.25) is 5.91 Å². The lowest BCUT2D eigenvalue weighted by Crippen LogP contribution is -2.37. The quantitative estimate of drug-likeness (QED) is 0.241. The summed E-state index contributed by atoms with van der Waals surface area (Å²) in [7, 11) is 2.00. The lowest BCUT2D eigenvalue weighted by molar-refractivity contribution is -0.130. The van der Waals surface area contributed by atoms with Gasteiger partial charge in [-0.2, -0.15) is 0 Å². The van der Waals surface area contributed by atoms with Gasteiger partial charge in [0, 0.05) is 42.7 Å². The van der Waals surface area contributed by atoms with Crippen LogP contribution in [0, 0.1) is 13.8 Å². The minimum Gasteiger partial charge on any atom is -0.342 e. The van der Waals surface area contributed by atoms with Crippen molar-refractivity contribution in [3.05, 3.63) is 83.0 Å². The van der Waals surface area contributed by atoms with E-state index >= 15 is 0 Å². The summed E-state index contributed by atoms with van der Waals surface area (Å²) in [6.45, 7) is 20.9. The first-order chi connectivity index (χ1) is 19.3. The largest absolute Gasteiger partial charge is 0.342 e. The van der Waals surface area contributed by atoms with Crippen molar-refractivity contribution in [3.8, 4) is 0 Å². The normalized spacial score (nSPS) is 14.4. The highest BCUT2D eigenvalue weighted by atomic mass is 16.2. The van der Waals surface area contributed by atoms with Gasteiger partial charge in [-0.25, -0.2) is 9.97 Å². The molecule has 1 aliphatic rings. The number of nitrogens with zero attached hydrogens (tertiary/aromatic N) is 5. The summed E-state index contributed by atoms with van der Waals surface area (Å²) < 4.78 is 0. The molecule has 1 aliphatic heterocycles. The lowest BCUT2D eigenvalue weighted by atomic mass is 10.0. The van der Waals surface area contributed by atoms with E-state index in [-0.39, 0.29) is 5.91 Å². The molecule has 0 atom stereocenters. The number of amides is 1. The maximum atomic E-state index is 12.6. The second kappa shape index (κ2) is 18.8. The number of hydrogen-bond acceptors (Lipinski definition) is 5. The smallest absolute Gasteiger partial charge is 0.236 e. The van der Waals surface area contributed by atoms with Crippen molar-refractivity contribution in [1.82, 2.24) is 19.8 Å². The molecular weight excluding hydrogens is 494 g/mol. The van der Waals surface area contributed by atoms with Gasteiger partial charge < -0.3 is 4.90 Å². The number of hydrogen-bond donors (Lipinski definition) is 0. The Morgan fingerprint density at radius 1 is 1.00 bits per heavy atom. The monoisotopic (exact) mass is 545 g/mol. The second-order valence-electron chi connectivity index (χ2n) is 9.56. The van der Waals surface area contributed by atoms with Crippen LogP contribution in [0.25, 0.3) is 11.3 Å². The summed E-state index contributed by atoms with van der Waals surface area (Å²) in [6.07, 6.45) is 10.2. The number of aromatic nitrogens is 2. The molecule has 1 fully saturated rings. The van der Waals surface area contributed by atoms with Crippen LogP contribution in [-0.4, -0.2) is 64.6 Å². The molecule has 0 radical (unpaired) electrons. The molecule has 40 heavy (non-hydrogen) atoms. The molecule has 6 heteroatoms. The fourth-order valence-electron chi connectivity index (χ4n) is 4.37. The third-order valence-corrected chi connectivity index (χ3v) is 6.22. The summed E-state index contributed by atoms with van der Waals surface area (Å²) in [5, 5.41) is 0. The van der Waals surface area contributed by atoms with Gasteiger partial charge in [0.25, 0.3) is 0 Å². The van der Waals surface area contributed by atoms with E-state index in [9.17, 15) is 4.79 Å². The van der Waals surface area contributed by atoms with E-state index in [4.69, 9.17) is 4.99 Å². The van der Waals surface area contributed by atoms with Gasteiger partial charge in [-0.3, -0.25) is 14.7 Å². The number of carbonyl (C=O) groups is 1. The highest BCUT2D eigenvalue weighted by Gasteiger charge is 2.19. The molecule has 0 unspecified atom stereocenters. The van der Waals surface area contributed by atoms with Crippen molar-refractivity contribution < 1.29 is 4.79 Å². The average molecular weight is 546 g/mol. The first-order valence-corrected chi connectivity index (χ1v) is 14.7. The number of likely N-dealkylation sites (tertiary alicyclic amines) is 1. The molecule has 218 valence electrons. The Labute approximate surface area is 243 Å². The SMILES string of the molecule is CC.CC.C\C=C/C(=C\C(C)=N\C(=C(/C)c1ccnc(C)n1)c1ccc(C)cc1)CN(C)CC(=O)N1CCCC1. The van der Waals surface area contributed by atoms with E-state index in [1.165, 1.54) is 5.56 Å². The zero-order valence-electron chi connectivity index (χ0n) is 26.6. The zero-order valence-corrected chi connectivity index (χ0v) is 26.6. The maximum absolute atomic E-state index is 12.6. The van der Waals surface area contributed by atoms with Gasteiger partial charge in [0.05, 0.1) is 17.9 Å². The standard InChI is InChI=1S/C30H39N5O.2C2H6/c1-7-10-26(20-34(6)21-29(36)35-17-8-9-18-35)19-23(3)32-30(27-13-11-22(2)12-14-27)24(4)28-15-16-31-25(5)33-28;2*1-2/h7,10-16,19H,8-9,17-18,20-21H2,1-6H3;2*1-2H3/b10-7-,26-19+,30-24+,32-23+;;. The van der Waals surface area contributed by atoms with Gasteiger partial charge in [-0.05, 0) is 72.2 Å². The van der Waals surface area contributed by atoms with Crippen molar-refractivity contribution in [2.75, 3.05) is 33.2 Å². The van der Waals surface area contributed by atoms with Crippen molar-refractivity contribution in [3.63, 3.8) is 0 Å². The number of likely N-dealkylation sites (N-methyl/N-ethyl adjacent to an activating group) is 1. The Kier molecular flexibility index (Phi) is 16.3. The maximum Gasteiger partial charge on any atom is 0.236 e. The predicted molar refractivity (Wildman–Crippen MR) is 172 cm³/mol. The minimum absolute atomic E-state index is 0.209. The Bertz CT molecular complexity index is 1170. The molecular formula is C34H51N5O. The van der Waals surface area contributed by atoms with Gasteiger partial charge in [-0.15, -0.1) is 0 Å². The third kappa shape index (κ3) is 11.4. The van der Waals surface area contributed by atoms with Gasteiger partial charge >= 0.3 is 0 Å². The van der Waals surface area contributed by atoms with Crippen molar-refractivity contribution in [2.45, 2.75) is 75.2 Å². The third-order valence-electron chi connectivity index (χ3n) is 6.22. The van der Waals surface area contributed by atoms with Gasteiger partial charge in [0.15, 0.2) is 0 Å². The summed E-state index contributed by atoms with van der Waals surface area (Å²) in [5.41, 5.74) is 7.00. The van der Waals surface area contributed by atoms with E-state index < -0.39 is 0 Å². The molecule has 3 rings (SSSR count). The fourth-order valence-corrected chi connectivity index (χ4v) is 4.37. The van der Waals surface area contributed by atoms with Crippen LogP contribution < -0.4 is 0 Å². The topological polar surface area (TPSA) is 61.7 Å².